The molecule has 1 aromatic rings. The molecule has 1 atom stereocenters. The molecule has 7 heteroatoms. The second kappa shape index (κ2) is 5.79. The highest BCUT2D eigenvalue weighted by Gasteiger charge is 2.43. The van der Waals surface area contributed by atoms with Gasteiger partial charge in [0.1, 0.15) is 6.61 Å². The number of alkyl halides is 3. The van der Waals surface area contributed by atoms with Crippen LogP contribution in [0.25, 0.3) is 0 Å². The summed E-state index contributed by atoms with van der Waals surface area (Å²) in [4.78, 5) is 13.2. The Bertz CT molecular complexity index is 556. The second-order valence-corrected chi connectivity index (χ2v) is 5.62. The van der Waals surface area contributed by atoms with Crippen LogP contribution >= 0.6 is 0 Å². The number of hydrogen-bond donors (Lipinski definition) is 1. The van der Waals surface area contributed by atoms with Gasteiger partial charge in [-0.05, 0) is 44.0 Å². The van der Waals surface area contributed by atoms with Crippen molar-refractivity contribution < 1.29 is 22.7 Å². The molecule has 4 nitrogen and oxygen atoms in total. The molecule has 120 valence electrons. The standard InChI is InChI=1S/C15H17F3N2O2/c16-15(17,18)11-3-1-2-4-12(11)20-13(9-22-14(20)21)10-5-7-19-8-6-10/h1-4,10,13,19H,5-9H2. The zero-order valence-electron chi connectivity index (χ0n) is 11.9. The number of carbonyl (C=O) groups is 1. The number of hydrogen-bond acceptors (Lipinski definition) is 3. The van der Waals surface area contributed by atoms with Gasteiger partial charge in [-0.1, -0.05) is 12.1 Å². The molecule has 0 saturated carbocycles. The summed E-state index contributed by atoms with van der Waals surface area (Å²) in [6.45, 7) is 1.77. The van der Waals surface area contributed by atoms with Crippen molar-refractivity contribution in [3.8, 4) is 0 Å². The molecule has 2 heterocycles. The van der Waals surface area contributed by atoms with E-state index in [4.69, 9.17) is 4.74 Å². The second-order valence-electron chi connectivity index (χ2n) is 5.62. The number of nitrogens with one attached hydrogen (secondary N) is 1. The highest BCUT2D eigenvalue weighted by molar-refractivity contribution is 5.91. The smallest absolute Gasteiger partial charge is 0.418 e. The summed E-state index contributed by atoms with van der Waals surface area (Å²) < 4.78 is 44.7. The van der Waals surface area contributed by atoms with Crippen molar-refractivity contribution in [2.24, 2.45) is 5.92 Å². The summed E-state index contributed by atoms with van der Waals surface area (Å²) in [7, 11) is 0. The topological polar surface area (TPSA) is 41.6 Å². The van der Waals surface area contributed by atoms with Crippen LogP contribution < -0.4 is 10.2 Å². The number of halogens is 3. The zero-order valence-corrected chi connectivity index (χ0v) is 11.9. The summed E-state index contributed by atoms with van der Waals surface area (Å²) in [5.74, 6) is 0.147. The number of carbonyl (C=O) groups excluding carboxylic acids is 1. The first-order valence-electron chi connectivity index (χ1n) is 7.31. The van der Waals surface area contributed by atoms with Gasteiger partial charge in [0, 0.05) is 0 Å². The van der Waals surface area contributed by atoms with Gasteiger partial charge < -0.3 is 10.1 Å². The fourth-order valence-corrected chi connectivity index (χ4v) is 3.21. The summed E-state index contributed by atoms with van der Waals surface area (Å²) in [6, 6.07) is 4.84. The normalized spacial score (nSPS) is 23.7. The number of amides is 1. The third-order valence-corrected chi connectivity index (χ3v) is 4.30. The molecule has 3 rings (SSSR count). The molecule has 0 spiro atoms. The van der Waals surface area contributed by atoms with Gasteiger partial charge >= 0.3 is 12.3 Å². The fourth-order valence-electron chi connectivity index (χ4n) is 3.21. The molecule has 2 aliphatic heterocycles. The third-order valence-electron chi connectivity index (χ3n) is 4.30. The molecule has 1 N–H and O–H groups in total. The number of benzene rings is 1. The molecule has 0 radical (unpaired) electrons. The van der Waals surface area contributed by atoms with Gasteiger partial charge in [-0.15, -0.1) is 0 Å². The third kappa shape index (κ3) is 2.77. The number of para-hydroxylation sites is 1. The minimum Gasteiger partial charge on any atom is -0.447 e. The summed E-state index contributed by atoms with van der Waals surface area (Å²) in [5.41, 5.74) is -0.909. The van der Waals surface area contributed by atoms with Gasteiger partial charge in [0.25, 0.3) is 0 Å². The highest BCUT2D eigenvalue weighted by atomic mass is 19.4. The van der Waals surface area contributed by atoms with E-state index in [0.29, 0.717) is 0 Å². The predicted molar refractivity (Wildman–Crippen MR) is 74.7 cm³/mol. The molecule has 1 unspecified atom stereocenters. The Labute approximate surface area is 126 Å². The summed E-state index contributed by atoms with van der Waals surface area (Å²) in [6.07, 6.45) is -3.55. The Morgan fingerprint density at radius 2 is 1.86 bits per heavy atom. The molecular formula is C15H17F3N2O2. The van der Waals surface area contributed by atoms with Gasteiger partial charge in [0.2, 0.25) is 0 Å². The highest BCUT2D eigenvalue weighted by Crippen LogP contribution is 2.40. The monoisotopic (exact) mass is 314 g/mol. The lowest BCUT2D eigenvalue weighted by molar-refractivity contribution is -0.137. The fraction of sp³-hybridized carbons (Fsp3) is 0.533. The summed E-state index contributed by atoms with van der Waals surface area (Å²) >= 11 is 0. The van der Waals surface area contributed by atoms with Crippen molar-refractivity contribution in [3.63, 3.8) is 0 Å². The Balaban J connectivity index is 1.96. The lowest BCUT2D eigenvalue weighted by Gasteiger charge is -2.33. The minimum atomic E-state index is -4.50. The van der Waals surface area contributed by atoms with Crippen LogP contribution in [-0.4, -0.2) is 31.8 Å². The van der Waals surface area contributed by atoms with Gasteiger partial charge in [-0.2, -0.15) is 13.2 Å². The lowest BCUT2D eigenvalue weighted by atomic mass is 9.89. The van der Waals surface area contributed by atoms with Gasteiger partial charge in [0.15, 0.2) is 0 Å². The Hall–Kier alpha value is -1.76. The van der Waals surface area contributed by atoms with Crippen LogP contribution in [0, 0.1) is 5.92 Å². The largest absolute Gasteiger partial charge is 0.447 e. The number of nitrogens with zero attached hydrogens (tertiary/aromatic N) is 1. The van der Waals surface area contributed by atoms with Crippen molar-refractivity contribution in [1.29, 1.82) is 0 Å². The number of cyclic esters (lactones) is 1. The van der Waals surface area contributed by atoms with Crippen LogP contribution in [0.1, 0.15) is 18.4 Å². The van der Waals surface area contributed by atoms with Crippen LogP contribution in [0.15, 0.2) is 24.3 Å². The van der Waals surface area contributed by atoms with E-state index in [2.05, 4.69) is 5.32 Å². The van der Waals surface area contributed by atoms with E-state index < -0.39 is 17.8 Å². The van der Waals surface area contributed by atoms with Crippen LogP contribution in [0.2, 0.25) is 0 Å². The number of piperidine rings is 1. The summed E-state index contributed by atoms with van der Waals surface area (Å²) in [5, 5.41) is 3.22. The van der Waals surface area contributed by atoms with E-state index in [1.807, 2.05) is 0 Å². The van der Waals surface area contributed by atoms with Crippen molar-refractivity contribution >= 4 is 11.8 Å². The maximum Gasteiger partial charge on any atom is 0.418 e. The Kier molecular flexibility index (Phi) is 3.99. The molecule has 2 fully saturated rings. The molecule has 1 aromatic carbocycles. The average Bonchev–Trinajstić information content (AvgIpc) is 2.89. The minimum absolute atomic E-state index is 0.110. The van der Waals surface area contributed by atoms with Gasteiger partial charge in [-0.3, -0.25) is 4.90 Å². The van der Waals surface area contributed by atoms with Crippen molar-refractivity contribution in [2.45, 2.75) is 25.1 Å². The van der Waals surface area contributed by atoms with Crippen molar-refractivity contribution in [2.75, 3.05) is 24.6 Å². The van der Waals surface area contributed by atoms with E-state index in [1.54, 1.807) is 0 Å². The van der Waals surface area contributed by atoms with Gasteiger partial charge in [-0.25, -0.2) is 4.79 Å². The van der Waals surface area contributed by atoms with Crippen LogP contribution in [0.3, 0.4) is 0 Å². The van der Waals surface area contributed by atoms with Crippen LogP contribution in [0.4, 0.5) is 23.7 Å². The zero-order chi connectivity index (χ0) is 15.7. The van der Waals surface area contributed by atoms with E-state index in [0.717, 1.165) is 32.0 Å². The van der Waals surface area contributed by atoms with Gasteiger partial charge in [0.05, 0.1) is 17.3 Å². The first-order valence-corrected chi connectivity index (χ1v) is 7.31. The van der Waals surface area contributed by atoms with E-state index in [-0.39, 0.29) is 24.3 Å². The first-order chi connectivity index (χ1) is 10.5. The molecule has 0 aliphatic carbocycles. The SMILES string of the molecule is O=C1OCC(C2CCNCC2)N1c1ccccc1C(F)(F)F. The van der Waals surface area contributed by atoms with E-state index in [1.165, 1.54) is 23.1 Å². The van der Waals surface area contributed by atoms with Crippen LogP contribution in [-0.2, 0) is 10.9 Å². The number of ether oxygens (including phenoxy) is 1. The molecule has 0 aromatic heterocycles. The number of anilines is 1. The first kappa shape index (κ1) is 15.1. The molecule has 22 heavy (non-hydrogen) atoms. The average molecular weight is 314 g/mol. The van der Waals surface area contributed by atoms with Crippen molar-refractivity contribution in [1.82, 2.24) is 5.32 Å². The maximum absolute atomic E-state index is 13.2. The quantitative estimate of drug-likeness (QED) is 0.912. The molecule has 0 bridgehead atoms. The molecule has 1 amide bonds. The Morgan fingerprint density at radius 1 is 1.18 bits per heavy atom. The molecular weight excluding hydrogens is 297 g/mol. The lowest BCUT2D eigenvalue weighted by Crippen LogP contribution is -2.44. The van der Waals surface area contributed by atoms with Crippen LogP contribution in [0.5, 0.6) is 0 Å². The predicted octanol–water partition coefficient (Wildman–Crippen LogP) is 3.03. The number of rotatable bonds is 2. The Morgan fingerprint density at radius 3 is 2.55 bits per heavy atom. The van der Waals surface area contributed by atoms with E-state index >= 15 is 0 Å². The maximum atomic E-state index is 13.2. The molecule has 2 aliphatic rings. The molecule has 2 saturated heterocycles. The van der Waals surface area contributed by atoms with E-state index in [9.17, 15) is 18.0 Å². The van der Waals surface area contributed by atoms with Crippen molar-refractivity contribution in [3.05, 3.63) is 29.8 Å².